The van der Waals surface area contributed by atoms with E-state index in [9.17, 15) is 8.42 Å². The lowest BCUT2D eigenvalue weighted by atomic mass is 10.3. The van der Waals surface area contributed by atoms with E-state index in [1.165, 1.54) is 18.2 Å². The van der Waals surface area contributed by atoms with Crippen LogP contribution in [0.5, 0.6) is 5.75 Å². The molecule has 5 nitrogen and oxygen atoms in total. The van der Waals surface area contributed by atoms with Gasteiger partial charge in [0.05, 0.1) is 19.3 Å². The predicted molar refractivity (Wildman–Crippen MR) is 74.0 cm³/mol. The molecule has 0 fully saturated rings. The normalized spacial score (nSPS) is 11.8. The maximum absolute atomic E-state index is 11.4. The Morgan fingerprint density at radius 2 is 2.00 bits per heavy atom. The molecule has 0 spiro atoms. The highest BCUT2D eigenvalue weighted by atomic mass is 35.5. The number of hydrogen-bond donors (Lipinski definition) is 1. The van der Waals surface area contributed by atoms with Gasteiger partial charge in [0.1, 0.15) is 10.6 Å². The number of primary sulfonamides is 1. The summed E-state index contributed by atoms with van der Waals surface area (Å²) < 4.78 is 33.5. The number of hydrogen-bond acceptors (Lipinski definition) is 4. The third-order valence-corrected chi connectivity index (χ3v) is 3.40. The van der Waals surface area contributed by atoms with Crippen molar-refractivity contribution in [2.75, 3.05) is 13.2 Å². The lowest BCUT2D eigenvalue weighted by Gasteiger charge is -2.11. The van der Waals surface area contributed by atoms with Crippen molar-refractivity contribution in [1.82, 2.24) is 0 Å². The number of ether oxygens (including phenoxy) is 2. The van der Waals surface area contributed by atoms with E-state index in [4.69, 9.17) is 26.2 Å². The molecule has 0 aliphatic carbocycles. The van der Waals surface area contributed by atoms with Crippen molar-refractivity contribution in [2.24, 2.45) is 5.14 Å². The van der Waals surface area contributed by atoms with Crippen molar-refractivity contribution < 1.29 is 17.9 Å². The molecule has 0 amide bonds. The Bertz CT molecular complexity index is 516. The third kappa shape index (κ3) is 5.78. The van der Waals surface area contributed by atoms with Gasteiger partial charge >= 0.3 is 0 Å². The molecule has 0 saturated heterocycles. The summed E-state index contributed by atoms with van der Waals surface area (Å²) in [6.45, 7) is 4.76. The van der Waals surface area contributed by atoms with Gasteiger partial charge in [-0.05, 0) is 26.0 Å². The van der Waals surface area contributed by atoms with Crippen LogP contribution in [-0.2, 0) is 14.8 Å². The second kappa shape index (κ2) is 7.09. The van der Waals surface area contributed by atoms with E-state index in [0.717, 1.165) is 0 Å². The van der Waals surface area contributed by atoms with E-state index >= 15 is 0 Å². The SMILES string of the molecule is CC(C)OCCCOc1cc(Cl)ccc1S(N)(=O)=O. The fraction of sp³-hybridized carbons (Fsp3) is 0.500. The van der Waals surface area contributed by atoms with Gasteiger partial charge in [-0.3, -0.25) is 0 Å². The Balaban J connectivity index is 2.64. The lowest BCUT2D eigenvalue weighted by Crippen LogP contribution is -2.14. The molecule has 0 bridgehead atoms. The molecule has 19 heavy (non-hydrogen) atoms. The van der Waals surface area contributed by atoms with Crippen LogP contribution >= 0.6 is 11.6 Å². The molecule has 0 aliphatic heterocycles. The fourth-order valence-corrected chi connectivity index (χ4v) is 2.21. The van der Waals surface area contributed by atoms with Crippen LogP contribution in [0.2, 0.25) is 5.02 Å². The number of nitrogens with two attached hydrogens (primary N) is 1. The molecule has 2 N–H and O–H groups in total. The summed E-state index contributed by atoms with van der Waals surface area (Å²) in [6.07, 6.45) is 0.806. The second-order valence-corrected chi connectivity index (χ2v) is 6.22. The summed E-state index contributed by atoms with van der Waals surface area (Å²) in [6, 6.07) is 4.22. The Kier molecular flexibility index (Phi) is 6.06. The van der Waals surface area contributed by atoms with Crippen molar-refractivity contribution >= 4 is 21.6 Å². The molecule has 0 aliphatic rings. The van der Waals surface area contributed by atoms with Gasteiger partial charge in [0.15, 0.2) is 0 Å². The zero-order valence-corrected chi connectivity index (χ0v) is 12.5. The predicted octanol–water partition coefficient (Wildman–Crippen LogP) is 2.18. The summed E-state index contributed by atoms with van der Waals surface area (Å²) in [5.41, 5.74) is 0. The largest absolute Gasteiger partial charge is 0.492 e. The maximum Gasteiger partial charge on any atom is 0.241 e. The van der Waals surface area contributed by atoms with E-state index in [1.54, 1.807) is 0 Å². The average Bonchev–Trinajstić information content (AvgIpc) is 2.26. The Morgan fingerprint density at radius 1 is 1.32 bits per heavy atom. The maximum atomic E-state index is 11.4. The highest BCUT2D eigenvalue weighted by Gasteiger charge is 2.15. The molecular formula is C12H18ClNO4S. The van der Waals surface area contributed by atoms with Crippen molar-refractivity contribution in [2.45, 2.75) is 31.3 Å². The van der Waals surface area contributed by atoms with Gasteiger partial charge in [0, 0.05) is 17.5 Å². The molecule has 108 valence electrons. The van der Waals surface area contributed by atoms with Crippen molar-refractivity contribution in [3.8, 4) is 5.75 Å². The van der Waals surface area contributed by atoms with E-state index < -0.39 is 10.0 Å². The monoisotopic (exact) mass is 307 g/mol. The fourth-order valence-electron chi connectivity index (χ4n) is 1.39. The van der Waals surface area contributed by atoms with Crippen LogP contribution in [0.1, 0.15) is 20.3 Å². The highest BCUT2D eigenvalue weighted by Crippen LogP contribution is 2.26. The topological polar surface area (TPSA) is 78.6 Å². The third-order valence-electron chi connectivity index (χ3n) is 2.21. The van der Waals surface area contributed by atoms with Gasteiger partial charge in [-0.15, -0.1) is 0 Å². The van der Waals surface area contributed by atoms with E-state index in [-0.39, 0.29) is 16.7 Å². The first-order valence-electron chi connectivity index (χ1n) is 5.87. The summed E-state index contributed by atoms with van der Waals surface area (Å²) in [4.78, 5) is -0.0679. The molecule has 0 atom stereocenters. The lowest BCUT2D eigenvalue weighted by molar-refractivity contribution is 0.0692. The standard InChI is InChI=1S/C12H18ClNO4S/c1-9(2)17-6-3-7-18-11-8-10(13)4-5-12(11)19(14,15)16/h4-5,8-9H,3,6-7H2,1-2H3,(H2,14,15,16). The minimum Gasteiger partial charge on any atom is -0.492 e. The van der Waals surface area contributed by atoms with Crippen LogP contribution in [-0.4, -0.2) is 27.7 Å². The van der Waals surface area contributed by atoms with Crippen molar-refractivity contribution in [3.63, 3.8) is 0 Å². The summed E-state index contributed by atoms with van der Waals surface area (Å²) in [7, 11) is -3.82. The number of sulfonamides is 1. The van der Waals surface area contributed by atoms with Gasteiger partial charge in [-0.1, -0.05) is 11.6 Å². The number of benzene rings is 1. The Hall–Kier alpha value is -0.820. The molecule has 0 aromatic heterocycles. The zero-order chi connectivity index (χ0) is 14.5. The minimum absolute atomic E-state index is 0.0679. The first-order valence-corrected chi connectivity index (χ1v) is 7.80. The van der Waals surface area contributed by atoms with Gasteiger partial charge in [0.2, 0.25) is 10.0 Å². The van der Waals surface area contributed by atoms with E-state index in [0.29, 0.717) is 24.7 Å². The second-order valence-electron chi connectivity index (χ2n) is 4.26. The van der Waals surface area contributed by atoms with Crippen molar-refractivity contribution in [3.05, 3.63) is 23.2 Å². The molecule has 0 heterocycles. The molecule has 0 unspecified atom stereocenters. The number of halogens is 1. The molecule has 7 heteroatoms. The van der Waals surface area contributed by atoms with E-state index in [2.05, 4.69) is 0 Å². The van der Waals surface area contributed by atoms with Crippen LogP contribution in [0, 0.1) is 0 Å². The van der Waals surface area contributed by atoms with Gasteiger partial charge in [0.25, 0.3) is 0 Å². The molecule has 1 rings (SSSR count). The van der Waals surface area contributed by atoms with Crippen LogP contribution in [0.15, 0.2) is 23.1 Å². The van der Waals surface area contributed by atoms with Crippen LogP contribution < -0.4 is 9.88 Å². The van der Waals surface area contributed by atoms with Crippen LogP contribution in [0.3, 0.4) is 0 Å². The summed E-state index contributed by atoms with van der Waals surface area (Å²) >= 11 is 5.81. The molecule has 0 radical (unpaired) electrons. The van der Waals surface area contributed by atoms with Gasteiger partial charge in [-0.25, -0.2) is 13.6 Å². The zero-order valence-electron chi connectivity index (χ0n) is 10.9. The first-order chi connectivity index (χ1) is 8.80. The van der Waals surface area contributed by atoms with E-state index in [1.807, 2.05) is 13.8 Å². The quantitative estimate of drug-likeness (QED) is 0.783. The molecule has 0 saturated carbocycles. The molecule has 1 aromatic carbocycles. The Morgan fingerprint density at radius 3 is 2.58 bits per heavy atom. The average molecular weight is 308 g/mol. The number of rotatable bonds is 7. The van der Waals surface area contributed by atoms with Crippen LogP contribution in [0.4, 0.5) is 0 Å². The first kappa shape index (κ1) is 16.2. The highest BCUT2D eigenvalue weighted by molar-refractivity contribution is 7.89. The summed E-state index contributed by atoms with van der Waals surface area (Å²) in [5.74, 6) is 0.166. The smallest absolute Gasteiger partial charge is 0.241 e. The minimum atomic E-state index is -3.82. The van der Waals surface area contributed by atoms with Crippen molar-refractivity contribution in [1.29, 1.82) is 0 Å². The molecular weight excluding hydrogens is 290 g/mol. The van der Waals surface area contributed by atoms with Gasteiger partial charge in [-0.2, -0.15) is 0 Å². The Labute approximate surface area is 118 Å². The summed E-state index contributed by atoms with van der Waals surface area (Å²) in [5, 5.41) is 5.49. The van der Waals surface area contributed by atoms with Gasteiger partial charge < -0.3 is 9.47 Å². The molecule has 1 aromatic rings. The van der Waals surface area contributed by atoms with Crippen LogP contribution in [0.25, 0.3) is 0 Å².